The van der Waals surface area contributed by atoms with Gasteiger partial charge in [-0.1, -0.05) is 39.7 Å². The second-order valence-electron chi connectivity index (χ2n) is 5.58. The van der Waals surface area contributed by atoms with Crippen molar-refractivity contribution in [1.82, 2.24) is 10.6 Å². The lowest BCUT2D eigenvalue weighted by Gasteiger charge is -2.28. The summed E-state index contributed by atoms with van der Waals surface area (Å²) in [6.07, 6.45) is 0. The highest BCUT2D eigenvalue weighted by Crippen LogP contribution is 2.28. The van der Waals surface area contributed by atoms with Gasteiger partial charge in [0.25, 0.3) is 5.91 Å². The van der Waals surface area contributed by atoms with Gasteiger partial charge in [-0.2, -0.15) is 0 Å². The summed E-state index contributed by atoms with van der Waals surface area (Å²) in [5.41, 5.74) is 2.42. The minimum atomic E-state index is -0.533. The quantitative estimate of drug-likeness (QED) is 0.690. The van der Waals surface area contributed by atoms with Gasteiger partial charge in [0.2, 0.25) is 0 Å². The van der Waals surface area contributed by atoms with Crippen LogP contribution in [0.15, 0.2) is 64.3 Å². The average molecular weight is 421 g/mol. The van der Waals surface area contributed by atoms with E-state index in [0.29, 0.717) is 22.0 Å². The first kappa shape index (κ1) is 17.5. The van der Waals surface area contributed by atoms with Gasteiger partial charge in [0.1, 0.15) is 0 Å². The summed E-state index contributed by atoms with van der Waals surface area (Å²) in [6.45, 7) is 1.71. The Morgan fingerprint density at radius 1 is 1.12 bits per heavy atom. The van der Waals surface area contributed by atoms with Crippen LogP contribution in [0.4, 0.5) is 10.5 Å². The highest BCUT2D eigenvalue weighted by atomic mass is 79.9. The van der Waals surface area contributed by atoms with Gasteiger partial charge in [-0.3, -0.25) is 4.79 Å². The van der Waals surface area contributed by atoms with Crippen molar-refractivity contribution in [2.75, 3.05) is 5.32 Å². The van der Waals surface area contributed by atoms with Crippen LogP contribution in [0.25, 0.3) is 0 Å². The number of urea groups is 1. The predicted molar refractivity (Wildman–Crippen MR) is 101 cm³/mol. The first-order valence-electron chi connectivity index (χ1n) is 7.54. The lowest BCUT2D eigenvalue weighted by molar-refractivity contribution is -0.113. The highest BCUT2D eigenvalue weighted by Gasteiger charge is 2.31. The molecule has 2 aromatic carbocycles. The van der Waals surface area contributed by atoms with Crippen LogP contribution in [0, 0.1) is 0 Å². The molecule has 0 saturated heterocycles. The second-order valence-corrected chi connectivity index (χ2v) is 6.93. The Balaban J connectivity index is 1.92. The summed E-state index contributed by atoms with van der Waals surface area (Å²) >= 11 is 9.25. The Morgan fingerprint density at radius 2 is 1.76 bits per heavy atom. The van der Waals surface area contributed by atoms with Crippen molar-refractivity contribution < 1.29 is 9.59 Å². The van der Waals surface area contributed by atoms with Gasteiger partial charge < -0.3 is 16.0 Å². The standard InChI is InChI=1S/C18H15BrClN3O2/c1-10-15(17(24)22-14-8-6-13(20)7-9-14)16(23-18(25)21-10)11-2-4-12(19)5-3-11/h2-9,16H,1H3,(H,22,24)(H2,21,23,25)/t16-/m0/s1. The molecule has 1 aliphatic heterocycles. The molecule has 0 aliphatic carbocycles. The van der Waals surface area contributed by atoms with Gasteiger partial charge in [-0.15, -0.1) is 0 Å². The third-order valence-electron chi connectivity index (χ3n) is 3.82. The monoisotopic (exact) mass is 419 g/mol. The van der Waals surface area contributed by atoms with Gasteiger partial charge in [-0.05, 0) is 48.9 Å². The zero-order chi connectivity index (χ0) is 18.0. The SMILES string of the molecule is CC1=C(C(=O)Nc2ccc(Cl)cc2)[C@H](c2ccc(Br)cc2)NC(=O)N1. The van der Waals surface area contributed by atoms with Crippen molar-refractivity contribution >= 4 is 45.2 Å². The Labute approximate surface area is 158 Å². The molecule has 5 nitrogen and oxygen atoms in total. The van der Waals surface area contributed by atoms with Crippen LogP contribution >= 0.6 is 27.5 Å². The van der Waals surface area contributed by atoms with Crippen LogP contribution in [-0.4, -0.2) is 11.9 Å². The van der Waals surface area contributed by atoms with Gasteiger partial charge >= 0.3 is 6.03 Å². The molecular weight excluding hydrogens is 406 g/mol. The first-order valence-corrected chi connectivity index (χ1v) is 8.72. The molecule has 25 heavy (non-hydrogen) atoms. The first-order chi connectivity index (χ1) is 11.9. The summed E-state index contributed by atoms with van der Waals surface area (Å²) in [4.78, 5) is 24.7. The summed E-state index contributed by atoms with van der Waals surface area (Å²) < 4.78 is 0.921. The third kappa shape index (κ3) is 4.03. The maximum atomic E-state index is 12.8. The summed E-state index contributed by atoms with van der Waals surface area (Å²) in [5.74, 6) is -0.291. The van der Waals surface area contributed by atoms with Crippen LogP contribution < -0.4 is 16.0 Å². The number of carbonyl (C=O) groups is 2. The molecule has 0 radical (unpaired) electrons. The number of allylic oxidation sites excluding steroid dienone is 1. The molecule has 3 rings (SSSR count). The summed E-state index contributed by atoms with van der Waals surface area (Å²) in [7, 11) is 0. The van der Waals surface area contributed by atoms with E-state index in [1.165, 1.54) is 0 Å². The minimum Gasteiger partial charge on any atom is -0.327 e. The van der Waals surface area contributed by atoms with Crippen molar-refractivity contribution in [3.63, 3.8) is 0 Å². The highest BCUT2D eigenvalue weighted by molar-refractivity contribution is 9.10. The van der Waals surface area contributed by atoms with Gasteiger partial charge in [0.05, 0.1) is 11.6 Å². The fraction of sp³-hybridized carbons (Fsp3) is 0.111. The maximum absolute atomic E-state index is 12.8. The van der Waals surface area contributed by atoms with Crippen molar-refractivity contribution in [3.05, 3.63) is 74.9 Å². The zero-order valence-electron chi connectivity index (χ0n) is 13.3. The van der Waals surface area contributed by atoms with Crippen LogP contribution in [0.3, 0.4) is 0 Å². The fourth-order valence-corrected chi connectivity index (χ4v) is 3.02. The molecule has 0 spiro atoms. The molecule has 0 bridgehead atoms. The lowest BCUT2D eigenvalue weighted by atomic mass is 9.95. The largest absolute Gasteiger partial charge is 0.327 e. The number of hydrogen-bond acceptors (Lipinski definition) is 2. The average Bonchev–Trinajstić information content (AvgIpc) is 2.57. The Bertz CT molecular complexity index is 848. The van der Waals surface area contributed by atoms with Crippen LogP contribution in [-0.2, 0) is 4.79 Å². The van der Waals surface area contributed by atoms with E-state index in [2.05, 4.69) is 31.9 Å². The van der Waals surface area contributed by atoms with Gasteiger partial charge in [0, 0.05) is 20.9 Å². The number of halogens is 2. The van der Waals surface area contributed by atoms with Crippen molar-refractivity contribution in [1.29, 1.82) is 0 Å². The van der Waals surface area contributed by atoms with Crippen LogP contribution in [0.2, 0.25) is 5.02 Å². The third-order valence-corrected chi connectivity index (χ3v) is 4.60. The molecule has 0 unspecified atom stereocenters. The van der Waals surface area contributed by atoms with Crippen molar-refractivity contribution in [2.24, 2.45) is 0 Å². The maximum Gasteiger partial charge on any atom is 0.319 e. The molecule has 3 N–H and O–H groups in total. The minimum absolute atomic E-state index is 0.291. The van der Waals surface area contributed by atoms with Crippen molar-refractivity contribution in [2.45, 2.75) is 13.0 Å². The summed E-state index contributed by atoms with van der Waals surface area (Å²) in [6, 6.07) is 13.4. The number of amides is 3. The molecule has 0 saturated carbocycles. The number of benzene rings is 2. The van der Waals surface area contributed by atoms with E-state index in [0.717, 1.165) is 10.0 Å². The topological polar surface area (TPSA) is 70.2 Å². The van der Waals surface area contributed by atoms with Gasteiger partial charge in [0.15, 0.2) is 0 Å². The zero-order valence-corrected chi connectivity index (χ0v) is 15.6. The van der Waals surface area contributed by atoms with E-state index in [1.807, 2.05) is 24.3 Å². The number of hydrogen-bond donors (Lipinski definition) is 3. The number of anilines is 1. The summed E-state index contributed by atoms with van der Waals surface area (Å²) in [5, 5.41) is 8.89. The molecule has 2 aromatic rings. The smallest absolute Gasteiger partial charge is 0.319 e. The normalized spacial score (nSPS) is 16.9. The van der Waals surface area contributed by atoms with E-state index in [-0.39, 0.29) is 11.9 Å². The lowest BCUT2D eigenvalue weighted by Crippen LogP contribution is -2.45. The van der Waals surface area contributed by atoms with E-state index < -0.39 is 6.04 Å². The molecular formula is C18H15BrClN3O2. The van der Waals surface area contributed by atoms with Crippen LogP contribution in [0.5, 0.6) is 0 Å². The molecule has 0 aromatic heterocycles. The Morgan fingerprint density at radius 3 is 2.40 bits per heavy atom. The Hall–Kier alpha value is -2.31. The Kier molecular flexibility index (Phi) is 5.11. The van der Waals surface area contributed by atoms with Crippen molar-refractivity contribution in [3.8, 4) is 0 Å². The fourth-order valence-electron chi connectivity index (χ4n) is 2.63. The van der Waals surface area contributed by atoms with Crippen LogP contribution in [0.1, 0.15) is 18.5 Å². The molecule has 1 heterocycles. The molecule has 128 valence electrons. The van der Waals surface area contributed by atoms with E-state index >= 15 is 0 Å². The second kappa shape index (κ2) is 7.29. The molecule has 3 amide bonds. The molecule has 1 atom stereocenters. The van der Waals surface area contributed by atoms with E-state index in [9.17, 15) is 9.59 Å². The molecule has 1 aliphatic rings. The van der Waals surface area contributed by atoms with E-state index in [4.69, 9.17) is 11.6 Å². The molecule has 0 fully saturated rings. The van der Waals surface area contributed by atoms with E-state index in [1.54, 1.807) is 31.2 Å². The number of carbonyl (C=O) groups excluding carboxylic acids is 2. The molecule has 7 heteroatoms. The number of nitrogens with one attached hydrogen (secondary N) is 3. The predicted octanol–water partition coefficient (Wildman–Crippen LogP) is 4.37. The number of rotatable bonds is 3. The van der Waals surface area contributed by atoms with Gasteiger partial charge in [-0.25, -0.2) is 4.79 Å².